The number of carbonyl (C=O) groups is 3. The van der Waals surface area contributed by atoms with Crippen LogP contribution in [0.25, 0.3) is 0 Å². The predicted molar refractivity (Wildman–Crippen MR) is 78.4 cm³/mol. The Kier molecular flexibility index (Phi) is 4.65. The number of nitrogens with zero attached hydrogens (tertiary/aromatic N) is 2. The molecular weight excluding hydrogens is 270 g/mol. The van der Waals surface area contributed by atoms with Crippen LogP contribution < -0.4 is 5.32 Å². The van der Waals surface area contributed by atoms with Crippen molar-refractivity contribution in [3.8, 4) is 0 Å². The molecule has 2 rings (SSSR count). The highest BCUT2D eigenvalue weighted by Gasteiger charge is 2.46. The normalized spacial score (nSPS) is 20.7. The minimum atomic E-state index is -0.199. The van der Waals surface area contributed by atoms with Crippen molar-refractivity contribution in [2.24, 2.45) is 0 Å². The molecular formula is C15H23N3O3. The van der Waals surface area contributed by atoms with E-state index in [0.29, 0.717) is 26.1 Å². The standard InChI is InChI=1S/C15H23N3O3/c1-3-8-18-13(20)4-5-15(18)6-9-17(10-7-15)14(21)11-16-12(2)19/h3H,1,4-11H2,2H3,(H,16,19). The average molecular weight is 293 g/mol. The molecule has 6 heteroatoms. The van der Waals surface area contributed by atoms with E-state index >= 15 is 0 Å². The highest BCUT2D eigenvalue weighted by Crippen LogP contribution is 2.38. The second-order valence-corrected chi connectivity index (χ2v) is 5.81. The molecule has 2 aliphatic rings. The van der Waals surface area contributed by atoms with Gasteiger partial charge in [-0.05, 0) is 19.3 Å². The summed E-state index contributed by atoms with van der Waals surface area (Å²) in [6.45, 7) is 7.03. The quantitative estimate of drug-likeness (QED) is 0.758. The zero-order valence-electron chi connectivity index (χ0n) is 12.6. The van der Waals surface area contributed by atoms with Crippen LogP contribution in [-0.4, -0.2) is 59.2 Å². The molecule has 1 spiro atoms. The number of carbonyl (C=O) groups excluding carboxylic acids is 3. The van der Waals surface area contributed by atoms with Crippen molar-refractivity contribution in [1.29, 1.82) is 0 Å². The van der Waals surface area contributed by atoms with Crippen LogP contribution in [0.1, 0.15) is 32.6 Å². The lowest BCUT2D eigenvalue weighted by Crippen LogP contribution is -2.55. The summed E-state index contributed by atoms with van der Waals surface area (Å²) in [4.78, 5) is 38.5. The van der Waals surface area contributed by atoms with Crippen molar-refractivity contribution in [3.63, 3.8) is 0 Å². The van der Waals surface area contributed by atoms with Crippen molar-refractivity contribution in [2.45, 2.75) is 38.1 Å². The molecule has 2 heterocycles. The van der Waals surface area contributed by atoms with Gasteiger partial charge >= 0.3 is 0 Å². The molecule has 21 heavy (non-hydrogen) atoms. The van der Waals surface area contributed by atoms with Crippen LogP contribution in [0, 0.1) is 0 Å². The minimum Gasteiger partial charge on any atom is -0.347 e. The molecule has 0 bridgehead atoms. The molecule has 2 saturated heterocycles. The van der Waals surface area contributed by atoms with E-state index in [-0.39, 0.29) is 29.8 Å². The van der Waals surface area contributed by atoms with E-state index in [1.54, 1.807) is 11.0 Å². The molecule has 0 aromatic heterocycles. The SMILES string of the molecule is C=CCN1C(=O)CCC12CCN(C(=O)CNC(C)=O)CC2. The monoisotopic (exact) mass is 293 g/mol. The first-order valence-corrected chi connectivity index (χ1v) is 7.42. The lowest BCUT2D eigenvalue weighted by molar-refractivity contribution is -0.136. The third-order valence-electron chi connectivity index (χ3n) is 4.52. The van der Waals surface area contributed by atoms with Gasteiger partial charge in [0.2, 0.25) is 17.7 Å². The number of likely N-dealkylation sites (tertiary alicyclic amines) is 2. The van der Waals surface area contributed by atoms with Gasteiger partial charge in [-0.2, -0.15) is 0 Å². The Morgan fingerprint density at radius 3 is 2.57 bits per heavy atom. The van der Waals surface area contributed by atoms with E-state index in [1.165, 1.54) is 6.92 Å². The van der Waals surface area contributed by atoms with E-state index in [4.69, 9.17) is 0 Å². The van der Waals surface area contributed by atoms with Crippen molar-refractivity contribution in [2.75, 3.05) is 26.2 Å². The van der Waals surface area contributed by atoms with Crippen molar-refractivity contribution in [1.82, 2.24) is 15.1 Å². The van der Waals surface area contributed by atoms with E-state index < -0.39 is 0 Å². The highest BCUT2D eigenvalue weighted by atomic mass is 16.2. The Morgan fingerprint density at radius 1 is 1.33 bits per heavy atom. The van der Waals surface area contributed by atoms with Gasteiger partial charge in [-0.3, -0.25) is 14.4 Å². The maximum atomic E-state index is 12.0. The van der Waals surface area contributed by atoms with Gasteiger partial charge in [0.25, 0.3) is 0 Å². The van der Waals surface area contributed by atoms with Crippen LogP contribution in [0.4, 0.5) is 0 Å². The fourth-order valence-electron chi connectivity index (χ4n) is 3.30. The molecule has 0 aromatic rings. The van der Waals surface area contributed by atoms with Crippen molar-refractivity contribution >= 4 is 17.7 Å². The molecule has 0 aromatic carbocycles. The molecule has 0 saturated carbocycles. The molecule has 0 aliphatic carbocycles. The van der Waals surface area contributed by atoms with E-state index in [2.05, 4.69) is 11.9 Å². The number of rotatable bonds is 4. The van der Waals surface area contributed by atoms with Crippen molar-refractivity contribution in [3.05, 3.63) is 12.7 Å². The van der Waals surface area contributed by atoms with Crippen LogP contribution in [0.15, 0.2) is 12.7 Å². The molecule has 6 nitrogen and oxygen atoms in total. The Hall–Kier alpha value is -1.85. The summed E-state index contributed by atoms with van der Waals surface area (Å²) < 4.78 is 0. The Labute approximate surface area is 125 Å². The molecule has 0 unspecified atom stereocenters. The van der Waals surface area contributed by atoms with E-state index in [1.807, 2.05) is 4.90 Å². The van der Waals surface area contributed by atoms with Gasteiger partial charge in [-0.1, -0.05) is 6.08 Å². The zero-order chi connectivity index (χ0) is 15.5. The van der Waals surface area contributed by atoms with E-state index in [0.717, 1.165) is 19.3 Å². The summed E-state index contributed by atoms with van der Waals surface area (Å²) in [5.74, 6) is -0.0667. The smallest absolute Gasteiger partial charge is 0.241 e. The highest BCUT2D eigenvalue weighted by molar-refractivity contribution is 5.84. The third kappa shape index (κ3) is 3.25. The third-order valence-corrected chi connectivity index (χ3v) is 4.52. The summed E-state index contributed by atoms with van der Waals surface area (Å²) in [6.07, 6.45) is 4.83. The van der Waals surface area contributed by atoms with Gasteiger partial charge in [0.05, 0.1) is 6.54 Å². The number of nitrogens with one attached hydrogen (secondary N) is 1. The Morgan fingerprint density at radius 2 is 2.00 bits per heavy atom. The van der Waals surface area contributed by atoms with E-state index in [9.17, 15) is 14.4 Å². The molecule has 0 atom stereocenters. The Balaban J connectivity index is 1.93. The molecule has 2 aliphatic heterocycles. The van der Waals surface area contributed by atoms with Crippen LogP contribution in [-0.2, 0) is 14.4 Å². The molecule has 116 valence electrons. The fourth-order valence-corrected chi connectivity index (χ4v) is 3.30. The summed E-state index contributed by atoms with van der Waals surface area (Å²) in [5, 5.41) is 2.53. The molecule has 2 fully saturated rings. The second kappa shape index (κ2) is 6.28. The summed E-state index contributed by atoms with van der Waals surface area (Å²) in [7, 11) is 0. The van der Waals surface area contributed by atoms with Gasteiger partial charge in [0.1, 0.15) is 0 Å². The second-order valence-electron chi connectivity index (χ2n) is 5.81. The summed E-state index contributed by atoms with van der Waals surface area (Å²) in [6, 6.07) is 0. The predicted octanol–water partition coefficient (Wildman–Crippen LogP) is 0.292. The molecule has 1 N–H and O–H groups in total. The number of amides is 3. The maximum Gasteiger partial charge on any atom is 0.241 e. The number of piperidine rings is 1. The topological polar surface area (TPSA) is 69.7 Å². The van der Waals surface area contributed by atoms with Gasteiger partial charge in [0.15, 0.2) is 0 Å². The van der Waals surface area contributed by atoms with Gasteiger partial charge in [-0.15, -0.1) is 6.58 Å². The lowest BCUT2D eigenvalue weighted by atomic mass is 9.85. The van der Waals surface area contributed by atoms with Gasteiger partial charge in [0, 0.05) is 38.5 Å². The number of hydrogen-bond acceptors (Lipinski definition) is 3. The summed E-state index contributed by atoms with van der Waals surface area (Å²) in [5.41, 5.74) is -0.101. The number of hydrogen-bond donors (Lipinski definition) is 1. The largest absolute Gasteiger partial charge is 0.347 e. The Bertz CT molecular complexity index is 453. The first-order chi connectivity index (χ1) is 9.98. The fraction of sp³-hybridized carbons (Fsp3) is 0.667. The van der Waals surface area contributed by atoms with Crippen molar-refractivity contribution < 1.29 is 14.4 Å². The molecule has 0 radical (unpaired) electrons. The van der Waals surface area contributed by atoms with Crippen LogP contribution in [0.3, 0.4) is 0 Å². The van der Waals surface area contributed by atoms with Gasteiger partial charge in [-0.25, -0.2) is 0 Å². The maximum absolute atomic E-state index is 12.0. The van der Waals surface area contributed by atoms with Gasteiger partial charge < -0.3 is 15.1 Å². The first-order valence-electron chi connectivity index (χ1n) is 7.42. The zero-order valence-corrected chi connectivity index (χ0v) is 12.6. The van der Waals surface area contributed by atoms with Crippen LogP contribution in [0.5, 0.6) is 0 Å². The summed E-state index contributed by atoms with van der Waals surface area (Å²) >= 11 is 0. The molecule has 3 amide bonds. The average Bonchev–Trinajstić information content (AvgIpc) is 2.75. The lowest BCUT2D eigenvalue weighted by Gasteiger charge is -2.44. The van der Waals surface area contributed by atoms with Crippen LogP contribution in [0.2, 0.25) is 0 Å². The first kappa shape index (κ1) is 15.5. The minimum absolute atomic E-state index is 0.0532. The van der Waals surface area contributed by atoms with Crippen LogP contribution >= 0.6 is 0 Å².